The van der Waals surface area contributed by atoms with E-state index in [2.05, 4.69) is 30.5 Å². The number of rotatable bonds is 2. The molecule has 0 spiro atoms. The van der Waals surface area contributed by atoms with E-state index in [0.29, 0.717) is 4.88 Å². The van der Waals surface area contributed by atoms with Gasteiger partial charge in [-0.2, -0.15) is 0 Å². The van der Waals surface area contributed by atoms with Crippen LogP contribution in [0.15, 0.2) is 4.34 Å². The van der Waals surface area contributed by atoms with E-state index < -0.39 is 5.97 Å². The van der Waals surface area contributed by atoms with Gasteiger partial charge < -0.3 is 4.74 Å². The minimum absolute atomic E-state index is 0.0502. The number of ether oxygens (including phenoxy) is 1. The molecule has 0 saturated carbocycles. The van der Waals surface area contributed by atoms with Crippen LogP contribution in [-0.4, -0.2) is 22.8 Å². The molecule has 6 heteroatoms. The standard InChI is InChI=1S/C9H12ClNO2S2/c1-9(2,3)15-8-11-6(10)5(14-8)7(12)13-4/h1-4H3. The maximum absolute atomic E-state index is 11.3. The molecule has 0 unspecified atom stereocenters. The lowest BCUT2D eigenvalue weighted by molar-refractivity contribution is 0.0606. The van der Waals surface area contributed by atoms with Crippen LogP contribution in [0.2, 0.25) is 5.15 Å². The molecule has 0 atom stereocenters. The van der Waals surface area contributed by atoms with Crippen LogP contribution in [0, 0.1) is 0 Å². The molecule has 15 heavy (non-hydrogen) atoms. The number of aromatic nitrogens is 1. The van der Waals surface area contributed by atoms with Crippen molar-refractivity contribution in [2.45, 2.75) is 29.9 Å². The van der Waals surface area contributed by atoms with Gasteiger partial charge in [-0.05, 0) is 0 Å². The summed E-state index contributed by atoms with van der Waals surface area (Å²) in [5.74, 6) is -0.432. The first-order valence-electron chi connectivity index (χ1n) is 4.27. The Bertz CT molecular complexity index is 371. The summed E-state index contributed by atoms with van der Waals surface area (Å²) in [6.07, 6.45) is 0. The molecule has 3 nitrogen and oxygen atoms in total. The van der Waals surface area contributed by atoms with Gasteiger partial charge in [-0.15, -0.1) is 0 Å². The van der Waals surface area contributed by atoms with E-state index in [1.165, 1.54) is 18.4 Å². The molecule has 1 aromatic heterocycles. The van der Waals surface area contributed by atoms with Gasteiger partial charge in [-0.25, -0.2) is 9.78 Å². The summed E-state index contributed by atoms with van der Waals surface area (Å²) < 4.78 is 5.43. The quantitative estimate of drug-likeness (QED) is 0.606. The molecule has 0 fully saturated rings. The number of hydrogen-bond donors (Lipinski definition) is 0. The van der Waals surface area contributed by atoms with Gasteiger partial charge in [0, 0.05) is 4.75 Å². The molecule has 0 aliphatic rings. The first kappa shape index (κ1) is 12.8. The number of carbonyl (C=O) groups excluding carboxylic acids is 1. The zero-order valence-electron chi connectivity index (χ0n) is 8.96. The Morgan fingerprint density at radius 3 is 2.60 bits per heavy atom. The summed E-state index contributed by atoms with van der Waals surface area (Å²) in [7, 11) is 1.33. The fraction of sp³-hybridized carbons (Fsp3) is 0.556. The number of methoxy groups -OCH3 is 1. The van der Waals surface area contributed by atoms with Crippen molar-refractivity contribution >= 4 is 40.7 Å². The van der Waals surface area contributed by atoms with Crippen molar-refractivity contribution in [1.29, 1.82) is 0 Å². The third-order valence-electron chi connectivity index (χ3n) is 1.33. The topological polar surface area (TPSA) is 39.2 Å². The van der Waals surface area contributed by atoms with E-state index in [0.717, 1.165) is 4.34 Å². The zero-order chi connectivity index (χ0) is 11.6. The van der Waals surface area contributed by atoms with E-state index in [4.69, 9.17) is 11.6 Å². The van der Waals surface area contributed by atoms with Crippen LogP contribution >= 0.6 is 34.7 Å². The predicted octanol–water partition coefficient (Wildman–Crippen LogP) is 3.47. The Morgan fingerprint density at radius 2 is 2.13 bits per heavy atom. The fourth-order valence-electron chi connectivity index (χ4n) is 0.807. The summed E-state index contributed by atoms with van der Waals surface area (Å²) in [6, 6.07) is 0. The third-order valence-corrected chi connectivity index (χ3v) is 3.92. The lowest BCUT2D eigenvalue weighted by Gasteiger charge is -2.14. The van der Waals surface area contributed by atoms with Crippen LogP contribution in [0.1, 0.15) is 30.4 Å². The van der Waals surface area contributed by atoms with E-state index in [9.17, 15) is 4.79 Å². The molecule has 0 aliphatic carbocycles. The lowest BCUT2D eigenvalue weighted by atomic mass is 10.3. The molecule has 0 bridgehead atoms. The van der Waals surface area contributed by atoms with Crippen molar-refractivity contribution in [1.82, 2.24) is 4.98 Å². The third kappa shape index (κ3) is 3.66. The predicted molar refractivity (Wildman–Crippen MR) is 64.1 cm³/mol. The minimum Gasteiger partial charge on any atom is -0.465 e. The van der Waals surface area contributed by atoms with Crippen molar-refractivity contribution in [2.24, 2.45) is 0 Å². The summed E-state index contributed by atoms with van der Waals surface area (Å²) in [4.78, 5) is 15.7. The molecule has 1 rings (SSSR count). The SMILES string of the molecule is COC(=O)c1sc(SC(C)(C)C)nc1Cl. The maximum Gasteiger partial charge on any atom is 0.351 e. The van der Waals surface area contributed by atoms with E-state index in [-0.39, 0.29) is 9.90 Å². The average Bonchev–Trinajstić information content (AvgIpc) is 2.42. The number of nitrogens with zero attached hydrogens (tertiary/aromatic N) is 1. The Hall–Kier alpha value is -0.260. The molecular formula is C9H12ClNO2S2. The van der Waals surface area contributed by atoms with Gasteiger partial charge in [0.05, 0.1) is 7.11 Å². The number of esters is 1. The van der Waals surface area contributed by atoms with E-state index in [1.807, 2.05) is 0 Å². The van der Waals surface area contributed by atoms with Crippen LogP contribution in [-0.2, 0) is 4.74 Å². The summed E-state index contributed by atoms with van der Waals surface area (Å²) in [5.41, 5.74) is 0. The van der Waals surface area contributed by atoms with Crippen LogP contribution in [0.5, 0.6) is 0 Å². The molecular weight excluding hydrogens is 254 g/mol. The van der Waals surface area contributed by atoms with Gasteiger partial charge in [-0.1, -0.05) is 55.5 Å². The fourth-order valence-corrected chi connectivity index (χ4v) is 3.62. The lowest BCUT2D eigenvalue weighted by Crippen LogP contribution is -2.06. The molecule has 0 amide bonds. The Balaban J connectivity index is 2.91. The van der Waals surface area contributed by atoms with Crippen molar-refractivity contribution in [3.05, 3.63) is 10.0 Å². The number of thioether (sulfide) groups is 1. The summed E-state index contributed by atoms with van der Waals surface area (Å²) in [6.45, 7) is 6.22. The smallest absolute Gasteiger partial charge is 0.351 e. The van der Waals surface area contributed by atoms with Gasteiger partial charge in [0.15, 0.2) is 14.4 Å². The van der Waals surface area contributed by atoms with Gasteiger partial charge in [0.2, 0.25) is 0 Å². The van der Waals surface area contributed by atoms with E-state index in [1.54, 1.807) is 11.8 Å². The average molecular weight is 266 g/mol. The zero-order valence-corrected chi connectivity index (χ0v) is 11.3. The van der Waals surface area contributed by atoms with E-state index >= 15 is 0 Å². The number of hydrogen-bond acceptors (Lipinski definition) is 5. The van der Waals surface area contributed by atoms with Crippen LogP contribution in [0.3, 0.4) is 0 Å². The highest BCUT2D eigenvalue weighted by Crippen LogP contribution is 2.37. The normalized spacial score (nSPS) is 11.5. The second-order valence-electron chi connectivity index (χ2n) is 3.81. The molecule has 84 valence electrons. The van der Waals surface area contributed by atoms with Crippen LogP contribution in [0.25, 0.3) is 0 Å². The minimum atomic E-state index is -0.432. The molecule has 0 saturated heterocycles. The highest BCUT2D eigenvalue weighted by Gasteiger charge is 2.21. The van der Waals surface area contributed by atoms with Gasteiger partial charge in [0.1, 0.15) is 0 Å². The highest BCUT2D eigenvalue weighted by molar-refractivity contribution is 8.02. The Kier molecular flexibility index (Phi) is 4.03. The summed E-state index contributed by atoms with van der Waals surface area (Å²) in [5, 5.41) is 0.221. The second kappa shape index (κ2) is 4.72. The highest BCUT2D eigenvalue weighted by atomic mass is 35.5. The second-order valence-corrected chi connectivity index (χ2v) is 7.24. The molecule has 0 aromatic carbocycles. The van der Waals surface area contributed by atoms with Gasteiger partial charge >= 0.3 is 5.97 Å². The Morgan fingerprint density at radius 1 is 1.53 bits per heavy atom. The van der Waals surface area contributed by atoms with Crippen molar-refractivity contribution < 1.29 is 9.53 Å². The maximum atomic E-state index is 11.3. The van der Waals surface area contributed by atoms with Gasteiger partial charge in [-0.3, -0.25) is 0 Å². The van der Waals surface area contributed by atoms with Crippen LogP contribution < -0.4 is 0 Å². The number of thiazole rings is 1. The first-order valence-corrected chi connectivity index (χ1v) is 6.28. The number of carbonyl (C=O) groups is 1. The Labute approximate surface area is 102 Å². The van der Waals surface area contributed by atoms with Crippen molar-refractivity contribution in [3.63, 3.8) is 0 Å². The number of halogens is 1. The van der Waals surface area contributed by atoms with Crippen molar-refractivity contribution in [2.75, 3.05) is 7.11 Å². The molecule has 1 heterocycles. The molecule has 0 radical (unpaired) electrons. The summed E-state index contributed by atoms with van der Waals surface area (Å²) >= 11 is 8.68. The molecule has 0 aliphatic heterocycles. The largest absolute Gasteiger partial charge is 0.465 e. The monoisotopic (exact) mass is 265 g/mol. The molecule has 0 N–H and O–H groups in total. The van der Waals surface area contributed by atoms with Crippen molar-refractivity contribution in [3.8, 4) is 0 Å². The van der Waals surface area contributed by atoms with Crippen LogP contribution in [0.4, 0.5) is 0 Å². The first-order chi connectivity index (χ1) is 6.83. The van der Waals surface area contributed by atoms with Gasteiger partial charge in [0.25, 0.3) is 0 Å². The molecule has 1 aromatic rings.